The van der Waals surface area contributed by atoms with Gasteiger partial charge in [-0.25, -0.2) is 4.79 Å². The fourth-order valence-electron chi connectivity index (χ4n) is 2.52. The number of carbonyl (C=O) groups is 1. The van der Waals surface area contributed by atoms with Gasteiger partial charge in [-0.3, -0.25) is 4.90 Å². The second kappa shape index (κ2) is 5.74. The summed E-state index contributed by atoms with van der Waals surface area (Å²) in [5.41, 5.74) is 1.49. The molecule has 1 aromatic carbocycles. The minimum absolute atomic E-state index is 0.190. The highest BCUT2D eigenvalue weighted by Gasteiger charge is 2.26. The Hall–Kier alpha value is -1.07. The third-order valence-corrected chi connectivity index (χ3v) is 4.18. The van der Waals surface area contributed by atoms with Crippen LogP contribution in [0.3, 0.4) is 0 Å². The maximum atomic E-state index is 11.1. The van der Waals surface area contributed by atoms with Crippen LogP contribution in [-0.2, 0) is 0 Å². The maximum absolute atomic E-state index is 11.1. The van der Waals surface area contributed by atoms with Gasteiger partial charge in [-0.05, 0) is 39.0 Å². The van der Waals surface area contributed by atoms with Crippen LogP contribution in [0.1, 0.15) is 31.1 Å². The maximum Gasteiger partial charge on any atom is 0.335 e. The molecule has 1 aromatic rings. The molecule has 0 aliphatic carbocycles. The third kappa shape index (κ3) is 3.52. The molecule has 1 fully saturated rings. The summed E-state index contributed by atoms with van der Waals surface area (Å²) >= 11 is 3.39. The molecule has 0 radical (unpaired) electrons. The van der Waals surface area contributed by atoms with Crippen LogP contribution in [0, 0.1) is 0 Å². The average molecular weight is 341 g/mol. The summed E-state index contributed by atoms with van der Waals surface area (Å²) in [6, 6.07) is 5.37. The quantitative estimate of drug-likeness (QED) is 0.898. The van der Waals surface area contributed by atoms with E-state index in [-0.39, 0.29) is 5.54 Å². The smallest absolute Gasteiger partial charge is 0.335 e. The Balaban J connectivity index is 2.13. The Kier molecular flexibility index (Phi) is 4.39. The van der Waals surface area contributed by atoms with Gasteiger partial charge in [0.25, 0.3) is 0 Å². The first-order valence-corrected chi connectivity index (χ1v) is 7.60. The van der Waals surface area contributed by atoms with Crippen LogP contribution in [0.4, 0.5) is 5.69 Å². The molecular formula is C15H21BrN2O2. The Bertz CT molecular complexity index is 503. The van der Waals surface area contributed by atoms with E-state index in [0.717, 1.165) is 36.3 Å². The molecule has 1 heterocycles. The standard InChI is InChI=1S/C15H21BrN2O2/c1-15(2,3)18-6-4-17(5-7-18)13-9-11(14(19)20)8-12(16)10-13/h8-10H,4-7H2,1-3H3,(H,19,20). The number of piperazine rings is 1. The van der Waals surface area contributed by atoms with Gasteiger partial charge in [0.05, 0.1) is 5.56 Å². The normalized spacial score (nSPS) is 17.3. The van der Waals surface area contributed by atoms with Crippen LogP contribution in [0.15, 0.2) is 22.7 Å². The molecule has 0 unspecified atom stereocenters. The topological polar surface area (TPSA) is 43.8 Å². The highest BCUT2D eigenvalue weighted by atomic mass is 79.9. The van der Waals surface area contributed by atoms with E-state index >= 15 is 0 Å². The largest absolute Gasteiger partial charge is 0.478 e. The molecule has 5 heteroatoms. The van der Waals surface area contributed by atoms with Gasteiger partial charge in [-0.15, -0.1) is 0 Å². The van der Waals surface area contributed by atoms with E-state index < -0.39 is 5.97 Å². The van der Waals surface area contributed by atoms with Gasteiger partial charge in [0, 0.05) is 41.9 Å². The summed E-state index contributed by atoms with van der Waals surface area (Å²) in [6.45, 7) is 10.5. The number of hydrogen-bond donors (Lipinski definition) is 1. The first-order chi connectivity index (χ1) is 9.27. The number of aromatic carboxylic acids is 1. The molecule has 1 N–H and O–H groups in total. The Labute approximate surface area is 128 Å². The Morgan fingerprint density at radius 1 is 1.15 bits per heavy atom. The van der Waals surface area contributed by atoms with Gasteiger partial charge in [-0.1, -0.05) is 15.9 Å². The minimum Gasteiger partial charge on any atom is -0.478 e. The van der Waals surface area contributed by atoms with Gasteiger partial charge in [0.2, 0.25) is 0 Å². The monoisotopic (exact) mass is 340 g/mol. The molecule has 0 atom stereocenters. The number of carboxylic acid groups (broad SMARTS) is 1. The van der Waals surface area contributed by atoms with Crippen molar-refractivity contribution < 1.29 is 9.90 Å². The molecule has 20 heavy (non-hydrogen) atoms. The molecule has 0 aromatic heterocycles. The van der Waals surface area contributed by atoms with Gasteiger partial charge in [0.15, 0.2) is 0 Å². The summed E-state index contributed by atoms with van der Waals surface area (Å²) in [7, 11) is 0. The van der Waals surface area contributed by atoms with Crippen LogP contribution < -0.4 is 4.90 Å². The van der Waals surface area contributed by atoms with Crippen molar-refractivity contribution in [2.75, 3.05) is 31.1 Å². The summed E-state index contributed by atoms with van der Waals surface area (Å²) < 4.78 is 0.811. The number of anilines is 1. The van der Waals surface area contributed by atoms with Gasteiger partial charge < -0.3 is 10.0 Å². The van der Waals surface area contributed by atoms with Gasteiger partial charge in [0.1, 0.15) is 0 Å². The summed E-state index contributed by atoms with van der Waals surface area (Å²) in [5, 5.41) is 9.13. The second-order valence-corrected chi connectivity index (χ2v) is 7.06. The number of nitrogens with zero attached hydrogens (tertiary/aromatic N) is 2. The molecule has 0 saturated carbocycles. The van der Waals surface area contributed by atoms with E-state index in [0.29, 0.717) is 5.56 Å². The molecule has 1 aliphatic rings. The van der Waals surface area contributed by atoms with Crippen LogP contribution in [0.5, 0.6) is 0 Å². The molecule has 110 valence electrons. The van der Waals surface area contributed by atoms with Crippen molar-refractivity contribution in [2.24, 2.45) is 0 Å². The molecule has 0 spiro atoms. The molecule has 0 amide bonds. The summed E-state index contributed by atoms with van der Waals surface area (Å²) in [6.07, 6.45) is 0. The van der Waals surface area contributed by atoms with Crippen molar-refractivity contribution in [1.29, 1.82) is 0 Å². The minimum atomic E-state index is -0.888. The zero-order chi connectivity index (χ0) is 14.9. The number of hydrogen-bond acceptors (Lipinski definition) is 3. The van der Waals surface area contributed by atoms with Crippen molar-refractivity contribution in [1.82, 2.24) is 4.90 Å². The lowest BCUT2D eigenvalue weighted by molar-refractivity contribution is 0.0697. The number of halogens is 1. The van der Waals surface area contributed by atoms with Crippen molar-refractivity contribution in [3.8, 4) is 0 Å². The molecule has 2 rings (SSSR count). The molecule has 4 nitrogen and oxygen atoms in total. The van der Waals surface area contributed by atoms with E-state index in [1.54, 1.807) is 12.1 Å². The highest BCUT2D eigenvalue weighted by Crippen LogP contribution is 2.25. The van der Waals surface area contributed by atoms with E-state index in [9.17, 15) is 4.79 Å². The first-order valence-electron chi connectivity index (χ1n) is 6.81. The lowest BCUT2D eigenvalue weighted by Gasteiger charge is -2.43. The van der Waals surface area contributed by atoms with Crippen LogP contribution in [0.25, 0.3) is 0 Å². The zero-order valence-electron chi connectivity index (χ0n) is 12.2. The van der Waals surface area contributed by atoms with Crippen LogP contribution >= 0.6 is 15.9 Å². The van der Waals surface area contributed by atoms with Crippen molar-refractivity contribution in [3.63, 3.8) is 0 Å². The lowest BCUT2D eigenvalue weighted by Crippen LogP contribution is -2.53. The molecule has 1 saturated heterocycles. The second-order valence-electron chi connectivity index (χ2n) is 6.15. The molecule has 0 bridgehead atoms. The zero-order valence-corrected chi connectivity index (χ0v) is 13.8. The van der Waals surface area contributed by atoms with E-state index in [2.05, 4.69) is 46.5 Å². The van der Waals surface area contributed by atoms with Gasteiger partial charge >= 0.3 is 5.97 Å². The summed E-state index contributed by atoms with van der Waals surface area (Å²) in [5.74, 6) is -0.888. The predicted molar refractivity (Wildman–Crippen MR) is 84.6 cm³/mol. The van der Waals surface area contributed by atoms with Crippen molar-refractivity contribution >= 4 is 27.6 Å². The Morgan fingerprint density at radius 3 is 2.25 bits per heavy atom. The lowest BCUT2D eigenvalue weighted by atomic mass is 10.0. The fourth-order valence-corrected chi connectivity index (χ4v) is 3.00. The summed E-state index contributed by atoms with van der Waals surface area (Å²) in [4.78, 5) is 15.8. The Morgan fingerprint density at radius 2 is 1.75 bits per heavy atom. The number of carboxylic acids is 1. The predicted octanol–water partition coefficient (Wildman–Crippen LogP) is 3.07. The fraction of sp³-hybridized carbons (Fsp3) is 0.533. The molecular weight excluding hydrogens is 320 g/mol. The van der Waals surface area contributed by atoms with Crippen LogP contribution in [0.2, 0.25) is 0 Å². The van der Waals surface area contributed by atoms with E-state index in [4.69, 9.17) is 5.11 Å². The highest BCUT2D eigenvalue weighted by molar-refractivity contribution is 9.10. The SMILES string of the molecule is CC(C)(C)N1CCN(c2cc(Br)cc(C(=O)O)c2)CC1. The average Bonchev–Trinajstić information content (AvgIpc) is 2.37. The number of benzene rings is 1. The van der Waals surface area contributed by atoms with E-state index in [1.807, 2.05) is 6.07 Å². The van der Waals surface area contributed by atoms with Crippen LogP contribution in [-0.4, -0.2) is 47.7 Å². The first kappa shape index (κ1) is 15.3. The number of rotatable bonds is 2. The molecule has 1 aliphatic heterocycles. The van der Waals surface area contributed by atoms with Gasteiger partial charge in [-0.2, -0.15) is 0 Å². The third-order valence-electron chi connectivity index (χ3n) is 3.72. The van der Waals surface area contributed by atoms with E-state index in [1.165, 1.54) is 0 Å². The van der Waals surface area contributed by atoms with Crippen molar-refractivity contribution in [2.45, 2.75) is 26.3 Å². The van der Waals surface area contributed by atoms with Crippen molar-refractivity contribution in [3.05, 3.63) is 28.2 Å².